The van der Waals surface area contributed by atoms with Gasteiger partial charge < -0.3 is 11.1 Å². The highest BCUT2D eigenvalue weighted by Gasteiger charge is 2.17. The van der Waals surface area contributed by atoms with Gasteiger partial charge in [-0.1, -0.05) is 37.3 Å². The van der Waals surface area contributed by atoms with E-state index in [0.29, 0.717) is 12.5 Å². The number of guanidine groups is 1. The van der Waals surface area contributed by atoms with E-state index in [1.807, 2.05) is 0 Å². The number of halogens is 1. The van der Waals surface area contributed by atoms with Crippen molar-refractivity contribution in [3.8, 4) is 0 Å². The summed E-state index contributed by atoms with van der Waals surface area (Å²) in [5.41, 5.74) is 8.69. The summed E-state index contributed by atoms with van der Waals surface area (Å²) in [4.78, 5) is 8.49. The minimum atomic E-state index is 0. The second-order valence-corrected chi connectivity index (χ2v) is 8.24. The first-order valence-corrected chi connectivity index (χ1v) is 10.4. The van der Waals surface area contributed by atoms with Crippen LogP contribution in [0.1, 0.15) is 35.8 Å². The molecule has 2 heterocycles. The Morgan fingerprint density at radius 1 is 1.26 bits per heavy atom. The van der Waals surface area contributed by atoms with Crippen LogP contribution in [0.4, 0.5) is 0 Å². The number of benzene rings is 1. The van der Waals surface area contributed by atoms with Crippen molar-refractivity contribution in [3.05, 3.63) is 57.8 Å². The highest BCUT2D eigenvalue weighted by molar-refractivity contribution is 14.0. The average molecular weight is 498 g/mol. The van der Waals surface area contributed by atoms with Crippen molar-refractivity contribution < 1.29 is 0 Å². The second-order valence-electron chi connectivity index (χ2n) is 7.21. The zero-order chi connectivity index (χ0) is 18.2. The van der Waals surface area contributed by atoms with Gasteiger partial charge in [-0.3, -0.25) is 4.90 Å². The maximum atomic E-state index is 6.05. The fraction of sp³-hybridized carbons (Fsp3) is 0.476. The fourth-order valence-electron chi connectivity index (χ4n) is 3.53. The van der Waals surface area contributed by atoms with Crippen molar-refractivity contribution in [1.82, 2.24) is 10.2 Å². The van der Waals surface area contributed by atoms with Crippen molar-refractivity contribution in [2.45, 2.75) is 39.3 Å². The SMILES string of the molecule is CC1CCCN(Cc2ccccc2CN=C(N)NCCc2cccs2)C1.I. The van der Waals surface area contributed by atoms with E-state index in [0.717, 1.165) is 25.4 Å². The van der Waals surface area contributed by atoms with Crippen molar-refractivity contribution in [2.24, 2.45) is 16.6 Å². The Balaban J connectivity index is 0.00000261. The van der Waals surface area contributed by atoms with E-state index < -0.39 is 0 Å². The van der Waals surface area contributed by atoms with Crippen LogP contribution in [-0.4, -0.2) is 30.5 Å². The van der Waals surface area contributed by atoms with Crippen molar-refractivity contribution in [1.29, 1.82) is 0 Å². The van der Waals surface area contributed by atoms with Crippen LogP contribution in [0, 0.1) is 5.92 Å². The summed E-state index contributed by atoms with van der Waals surface area (Å²) in [5, 5.41) is 5.33. The molecular weight excluding hydrogens is 467 g/mol. The lowest BCUT2D eigenvalue weighted by Crippen LogP contribution is -2.34. The van der Waals surface area contributed by atoms with Crippen LogP contribution in [0.5, 0.6) is 0 Å². The topological polar surface area (TPSA) is 53.6 Å². The minimum absolute atomic E-state index is 0. The molecule has 0 radical (unpaired) electrons. The normalized spacial score (nSPS) is 18.1. The molecule has 1 aliphatic rings. The lowest BCUT2D eigenvalue weighted by atomic mass is 9.99. The van der Waals surface area contributed by atoms with Crippen molar-refractivity contribution >= 4 is 41.3 Å². The molecule has 4 nitrogen and oxygen atoms in total. The highest BCUT2D eigenvalue weighted by Crippen LogP contribution is 2.20. The second kappa shape index (κ2) is 11.7. The molecule has 148 valence electrons. The summed E-state index contributed by atoms with van der Waals surface area (Å²) < 4.78 is 0. The van der Waals surface area contributed by atoms with Gasteiger partial charge in [0.05, 0.1) is 6.54 Å². The van der Waals surface area contributed by atoms with Crippen LogP contribution < -0.4 is 11.1 Å². The number of hydrogen-bond donors (Lipinski definition) is 2. The third-order valence-corrected chi connectivity index (χ3v) is 5.87. The first-order valence-electron chi connectivity index (χ1n) is 9.56. The number of aliphatic imine (C=N–C) groups is 1. The van der Waals surface area contributed by atoms with E-state index in [4.69, 9.17) is 5.73 Å². The Morgan fingerprint density at radius 3 is 2.81 bits per heavy atom. The Bertz CT molecular complexity index is 702. The summed E-state index contributed by atoms with van der Waals surface area (Å²) >= 11 is 1.78. The lowest BCUT2D eigenvalue weighted by molar-refractivity contribution is 0.176. The lowest BCUT2D eigenvalue weighted by Gasteiger charge is -2.31. The first-order chi connectivity index (χ1) is 12.7. The van der Waals surface area contributed by atoms with Crippen molar-refractivity contribution in [2.75, 3.05) is 19.6 Å². The molecule has 1 unspecified atom stereocenters. The van der Waals surface area contributed by atoms with E-state index in [1.54, 1.807) is 11.3 Å². The Morgan fingerprint density at radius 2 is 2.07 bits per heavy atom. The van der Waals surface area contributed by atoms with Gasteiger partial charge in [-0.25, -0.2) is 4.99 Å². The predicted octanol–water partition coefficient (Wildman–Crippen LogP) is 4.25. The van der Waals surface area contributed by atoms with Gasteiger partial charge >= 0.3 is 0 Å². The standard InChI is InChI=1S/C21H30N4S.HI/c1-17-6-4-12-25(15-17)16-19-8-3-2-7-18(19)14-24-21(22)23-11-10-20-9-5-13-26-20;/h2-3,5,7-9,13,17H,4,6,10-12,14-16H2,1H3,(H3,22,23,24);1H. The number of rotatable bonds is 7. The average Bonchev–Trinajstić information content (AvgIpc) is 3.14. The number of nitrogens with zero attached hydrogens (tertiary/aromatic N) is 2. The molecule has 0 amide bonds. The van der Waals surface area contributed by atoms with Crippen LogP contribution in [0.15, 0.2) is 46.8 Å². The van der Waals surface area contributed by atoms with Gasteiger partial charge in [0.25, 0.3) is 0 Å². The Hall–Kier alpha value is -1.12. The number of hydrogen-bond acceptors (Lipinski definition) is 3. The molecule has 0 bridgehead atoms. The third kappa shape index (κ3) is 7.43. The van der Waals surface area contributed by atoms with Gasteiger partial charge in [0.15, 0.2) is 5.96 Å². The molecule has 3 N–H and O–H groups in total. The number of nitrogens with one attached hydrogen (secondary N) is 1. The van der Waals surface area contributed by atoms with E-state index in [2.05, 4.69) is 63.9 Å². The maximum absolute atomic E-state index is 6.05. The summed E-state index contributed by atoms with van der Waals surface area (Å²) in [5.74, 6) is 1.33. The molecule has 0 aliphatic carbocycles. The summed E-state index contributed by atoms with van der Waals surface area (Å²) in [7, 11) is 0. The van der Waals surface area contributed by atoms with Gasteiger partial charge in [0.2, 0.25) is 0 Å². The van der Waals surface area contributed by atoms with Gasteiger partial charge in [0, 0.05) is 24.5 Å². The Labute approximate surface area is 184 Å². The van der Waals surface area contributed by atoms with Crippen LogP contribution in [0.3, 0.4) is 0 Å². The van der Waals surface area contributed by atoms with Crippen LogP contribution in [0.2, 0.25) is 0 Å². The zero-order valence-corrected chi connectivity index (χ0v) is 19.2. The van der Waals surface area contributed by atoms with E-state index in [9.17, 15) is 0 Å². The van der Waals surface area contributed by atoms with Crippen LogP contribution in [0.25, 0.3) is 0 Å². The molecule has 1 aromatic heterocycles. The van der Waals surface area contributed by atoms with E-state index >= 15 is 0 Å². The Kier molecular flexibility index (Phi) is 9.58. The number of piperidine rings is 1. The quantitative estimate of drug-likeness (QED) is 0.341. The van der Waals surface area contributed by atoms with Crippen LogP contribution in [-0.2, 0) is 19.5 Å². The van der Waals surface area contributed by atoms with E-state index in [-0.39, 0.29) is 24.0 Å². The fourth-order valence-corrected chi connectivity index (χ4v) is 4.24. The summed E-state index contributed by atoms with van der Waals surface area (Å²) in [6.07, 6.45) is 3.65. The van der Waals surface area contributed by atoms with Gasteiger partial charge in [-0.15, -0.1) is 35.3 Å². The molecule has 1 aromatic carbocycles. The monoisotopic (exact) mass is 498 g/mol. The summed E-state index contributed by atoms with van der Waals surface area (Å²) in [6, 6.07) is 12.8. The molecule has 6 heteroatoms. The molecule has 1 atom stereocenters. The molecule has 0 saturated carbocycles. The molecule has 1 saturated heterocycles. The number of nitrogens with two attached hydrogens (primary N) is 1. The first kappa shape index (κ1) is 22.2. The highest BCUT2D eigenvalue weighted by atomic mass is 127. The molecule has 1 fully saturated rings. The van der Waals surface area contributed by atoms with E-state index in [1.165, 1.54) is 41.9 Å². The predicted molar refractivity (Wildman–Crippen MR) is 127 cm³/mol. The zero-order valence-electron chi connectivity index (χ0n) is 16.1. The maximum Gasteiger partial charge on any atom is 0.188 e. The third-order valence-electron chi connectivity index (χ3n) is 4.93. The molecule has 0 spiro atoms. The molecular formula is C21H31IN4S. The number of thiophene rings is 1. The summed E-state index contributed by atoms with van der Waals surface area (Å²) in [6.45, 7) is 7.23. The minimum Gasteiger partial charge on any atom is -0.370 e. The van der Waals surface area contributed by atoms with Crippen molar-refractivity contribution in [3.63, 3.8) is 0 Å². The largest absolute Gasteiger partial charge is 0.370 e. The molecule has 27 heavy (non-hydrogen) atoms. The van der Waals surface area contributed by atoms with Gasteiger partial charge in [0.1, 0.15) is 0 Å². The smallest absolute Gasteiger partial charge is 0.188 e. The van der Waals surface area contributed by atoms with Crippen LogP contribution >= 0.6 is 35.3 Å². The van der Waals surface area contributed by atoms with Gasteiger partial charge in [-0.05, 0) is 54.3 Å². The molecule has 1 aliphatic heterocycles. The number of likely N-dealkylation sites (tertiary alicyclic amines) is 1. The van der Waals surface area contributed by atoms with Gasteiger partial charge in [-0.2, -0.15) is 0 Å². The molecule has 2 aromatic rings. The molecule has 3 rings (SSSR count).